The molecule has 122 valence electrons. The minimum atomic E-state index is -0.503. The molecule has 1 heterocycles. The first-order chi connectivity index (χ1) is 12.2. The van der Waals surface area contributed by atoms with Gasteiger partial charge in [0.1, 0.15) is 22.7 Å². The molecule has 0 saturated carbocycles. The van der Waals surface area contributed by atoms with Crippen molar-refractivity contribution in [1.29, 1.82) is 0 Å². The summed E-state index contributed by atoms with van der Waals surface area (Å²) in [5.74, 6) is -0.385. The van der Waals surface area contributed by atoms with Crippen molar-refractivity contribution in [1.82, 2.24) is 0 Å². The van der Waals surface area contributed by atoms with Crippen LogP contribution < -0.4 is 4.74 Å². The van der Waals surface area contributed by atoms with E-state index in [9.17, 15) is 9.18 Å². The second kappa shape index (κ2) is 6.24. The van der Waals surface area contributed by atoms with Crippen molar-refractivity contribution in [2.75, 3.05) is 0 Å². The number of carbonyl (C=O) groups excluding carboxylic acids is 1. The first-order valence-electron chi connectivity index (χ1n) is 7.76. The highest BCUT2D eigenvalue weighted by molar-refractivity contribution is 6.05. The Balaban J connectivity index is 1.56. The molecule has 0 bridgehead atoms. The quantitative estimate of drug-likeness (QED) is 0.289. The van der Waals surface area contributed by atoms with Gasteiger partial charge >= 0.3 is 5.97 Å². The van der Waals surface area contributed by atoms with Gasteiger partial charge in [-0.15, -0.1) is 0 Å². The predicted octanol–water partition coefficient (Wildman–Crippen LogP) is 5.34. The van der Waals surface area contributed by atoms with Gasteiger partial charge in [-0.2, -0.15) is 0 Å². The van der Waals surface area contributed by atoms with E-state index in [2.05, 4.69) is 0 Å². The molecule has 0 spiro atoms. The van der Waals surface area contributed by atoms with E-state index in [-0.39, 0.29) is 5.82 Å². The maximum atomic E-state index is 12.9. The number of rotatable bonds is 3. The smallest absolute Gasteiger partial charge is 0.336 e. The predicted molar refractivity (Wildman–Crippen MR) is 94.8 cm³/mol. The van der Waals surface area contributed by atoms with E-state index in [1.165, 1.54) is 18.2 Å². The monoisotopic (exact) mass is 332 g/mol. The fourth-order valence-corrected chi connectivity index (χ4v) is 2.66. The van der Waals surface area contributed by atoms with Crippen molar-refractivity contribution in [3.8, 4) is 5.75 Å². The van der Waals surface area contributed by atoms with Gasteiger partial charge in [-0.3, -0.25) is 0 Å². The summed E-state index contributed by atoms with van der Waals surface area (Å²) < 4.78 is 23.9. The molecule has 0 aliphatic rings. The molecule has 0 atom stereocenters. The van der Waals surface area contributed by atoms with Gasteiger partial charge in [0.2, 0.25) is 0 Å². The zero-order valence-corrected chi connectivity index (χ0v) is 13.1. The molecule has 4 aromatic rings. The first kappa shape index (κ1) is 15.1. The molecule has 25 heavy (non-hydrogen) atoms. The molecule has 0 unspecified atom stereocenters. The number of ether oxygens (including phenoxy) is 1. The third kappa shape index (κ3) is 3.15. The number of furan rings is 1. The van der Waals surface area contributed by atoms with Crippen molar-refractivity contribution in [3.05, 3.63) is 84.2 Å². The average molecular weight is 332 g/mol. The number of halogens is 1. The SMILES string of the molecule is O=C(/C=C/c1ccc(F)cc1)Oc1ccc2oc3ccccc3c2c1. The van der Waals surface area contributed by atoms with Crippen molar-refractivity contribution in [2.45, 2.75) is 0 Å². The molecule has 0 amide bonds. The molecule has 0 aliphatic carbocycles. The van der Waals surface area contributed by atoms with Gasteiger partial charge in [0, 0.05) is 16.8 Å². The maximum Gasteiger partial charge on any atom is 0.336 e. The summed E-state index contributed by atoms with van der Waals surface area (Å²) in [4.78, 5) is 12.0. The van der Waals surface area contributed by atoms with Gasteiger partial charge in [0.25, 0.3) is 0 Å². The number of para-hydroxylation sites is 1. The van der Waals surface area contributed by atoms with Crippen LogP contribution in [-0.4, -0.2) is 5.97 Å². The molecule has 4 rings (SSSR count). The van der Waals surface area contributed by atoms with Crippen LogP contribution in [0, 0.1) is 5.82 Å². The third-order valence-electron chi connectivity index (χ3n) is 3.85. The lowest BCUT2D eigenvalue weighted by Gasteiger charge is -2.01. The van der Waals surface area contributed by atoms with Crippen LogP contribution in [0.1, 0.15) is 5.56 Å². The van der Waals surface area contributed by atoms with Gasteiger partial charge < -0.3 is 9.15 Å². The van der Waals surface area contributed by atoms with Crippen LogP contribution in [-0.2, 0) is 4.79 Å². The molecule has 0 radical (unpaired) electrons. The summed E-state index contributed by atoms with van der Waals surface area (Å²) in [7, 11) is 0. The molecule has 0 N–H and O–H groups in total. The molecule has 0 aliphatic heterocycles. The van der Waals surface area contributed by atoms with Crippen LogP contribution in [0.3, 0.4) is 0 Å². The summed E-state index contributed by atoms with van der Waals surface area (Å²) >= 11 is 0. The zero-order chi connectivity index (χ0) is 17.2. The third-order valence-corrected chi connectivity index (χ3v) is 3.85. The van der Waals surface area contributed by atoms with E-state index in [1.54, 1.807) is 36.4 Å². The Morgan fingerprint density at radius 3 is 2.52 bits per heavy atom. The normalized spacial score (nSPS) is 11.4. The summed E-state index contributed by atoms with van der Waals surface area (Å²) in [6, 6.07) is 18.8. The molecule has 3 aromatic carbocycles. The number of benzene rings is 3. The second-order valence-corrected chi connectivity index (χ2v) is 5.56. The number of fused-ring (bicyclic) bond motifs is 3. The number of carbonyl (C=O) groups is 1. The lowest BCUT2D eigenvalue weighted by molar-refractivity contribution is -0.128. The van der Waals surface area contributed by atoms with Gasteiger partial charge in [0.05, 0.1) is 0 Å². The van der Waals surface area contributed by atoms with Gasteiger partial charge in [0.15, 0.2) is 0 Å². The molecule has 3 nitrogen and oxygen atoms in total. The van der Waals surface area contributed by atoms with Crippen molar-refractivity contribution < 1.29 is 18.3 Å². The van der Waals surface area contributed by atoms with E-state index in [0.29, 0.717) is 5.75 Å². The Labute approximate surface area is 142 Å². The van der Waals surface area contributed by atoms with Crippen molar-refractivity contribution in [3.63, 3.8) is 0 Å². The highest BCUT2D eigenvalue weighted by atomic mass is 19.1. The molecular formula is C21H13FO3. The lowest BCUT2D eigenvalue weighted by atomic mass is 10.1. The fraction of sp³-hybridized carbons (Fsp3) is 0. The van der Waals surface area contributed by atoms with E-state index in [1.807, 2.05) is 24.3 Å². The number of hydrogen-bond acceptors (Lipinski definition) is 3. The molecule has 0 saturated heterocycles. The molecule has 4 heteroatoms. The Morgan fingerprint density at radius 2 is 1.68 bits per heavy atom. The lowest BCUT2D eigenvalue weighted by Crippen LogP contribution is -2.03. The molecule has 1 aromatic heterocycles. The highest BCUT2D eigenvalue weighted by Crippen LogP contribution is 2.31. The Kier molecular flexibility index (Phi) is 3.78. The number of hydrogen-bond donors (Lipinski definition) is 0. The topological polar surface area (TPSA) is 39.4 Å². The van der Waals surface area contributed by atoms with Crippen LogP contribution in [0.2, 0.25) is 0 Å². The van der Waals surface area contributed by atoms with Crippen molar-refractivity contribution in [2.24, 2.45) is 0 Å². The van der Waals surface area contributed by atoms with Crippen LogP contribution in [0.4, 0.5) is 4.39 Å². The molecular weight excluding hydrogens is 319 g/mol. The maximum absolute atomic E-state index is 12.9. The minimum absolute atomic E-state index is 0.319. The van der Waals surface area contributed by atoms with E-state index >= 15 is 0 Å². The standard InChI is InChI=1S/C21H13FO3/c22-15-8-5-14(6-9-15)7-12-21(23)24-16-10-11-20-18(13-16)17-3-1-2-4-19(17)25-20/h1-13H/b12-7+. The van der Waals surface area contributed by atoms with Crippen LogP contribution in [0.25, 0.3) is 28.0 Å². The van der Waals surface area contributed by atoms with Gasteiger partial charge in [-0.1, -0.05) is 30.3 Å². The van der Waals surface area contributed by atoms with Crippen LogP contribution in [0.5, 0.6) is 5.75 Å². The van der Waals surface area contributed by atoms with Crippen LogP contribution in [0.15, 0.2) is 77.2 Å². The summed E-state index contributed by atoms with van der Waals surface area (Å²) in [5, 5.41) is 1.86. The van der Waals surface area contributed by atoms with E-state index in [4.69, 9.17) is 9.15 Å². The first-order valence-corrected chi connectivity index (χ1v) is 7.76. The zero-order valence-electron chi connectivity index (χ0n) is 13.1. The van der Waals surface area contributed by atoms with E-state index < -0.39 is 5.97 Å². The Bertz CT molecular complexity index is 1090. The number of esters is 1. The Hall–Kier alpha value is -3.40. The highest BCUT2D eigenvalue weighted by Gasteiger charge is 2.08. The largest absolute Gasteiger partial charge is 0.456 e. The van der Waals surface area contributed by atoms with E-state index in [0.717, 1.165) is 27.5 Å². The Morgan fingerprint density at radius 1 is 0.920 bits per heavy atom. The summed E-state index contributed by atoms with van der Waals surface area (Å²) in [5.41, 5.74) is 2.25. The summed E-state index contributed by atoms with van der Waals surface area (Å²) in [6.07, 6.45) is 2.89. The van der Waals surface area contributed by atoms with Crippen LogP contribution >= 0.6 is 0 Å². The van der Waals surface area contributed by atoms with Gasteiger partial charge in [-0.25, -0.2) is 9.18 Å². The minimum Gasteiger partial charge on any atom is -0.456 e. The second-order valence-electron chi connectivity index (χ2n) is 5.56. The van der Waals surface area contributed by atoms with Crippen molar-refractivity contribution >= 4 is 34.0 Å². The molecule has 0 fully saturated rings. The van der Waals surface area contributed by atoms with Gasteiger partial charge in [-0.05, 0) is 48.0 Å². The summed E-state index contributed by atoms with van der Waals surface area (Å²) in [6.45, 7) is 0. The fourth-order valence-electron chi connectivity index (χ4n) is 2.66. The average Bonchev–Trinajstić information content (AvgIpc) is 2.99.